The molecule has 2 aliphatic rings. The molecule has 48 heavy (non-hydrogen) atoms. The van der Waals surface area contributed by atoms with Gasteiger partial charge in [0.25, 0.3) is 0 Å². The quantitative estimate of drug-likeness (QED) is 0.368. The largest absolute Gasteiger partial charge is 0.497 e. The van der Waals surface area contributed by atoms with Crippen molar-refractivity contribution in [2.75, 3.05) is 39.9 Å². The van der Waals surface area contributed by atoms with Gasteiger partial charge in [0.15, 0.2) is 5.82 Å². The van der Waals surface area contributed by atoms with E-state index < -0.39 is 12.1 Å². The highest BCUT2D eigenvalue weighted by molar-refractivity contribution is 5.88. The summed E-state index contributed by atoms with van der Waals surface area (Å²) < 4.78 is 13.0. The molecular formula is C36H47N7O5. The molecule has 0 saturated heterocycles. The number of nitrogens with one attached hydrogen (secondary N) is 3. The van der Waals surface area contributed by atoms with Gasteiger partial charge in [-0.15, -0.1) is 0 Å². The van der Waals surface area contributed by atoms with E-state index in [1.165, 1.54) is 0 Å². The fourth-order valence-corrected chi connectivity index (χ4v) is 6.09. The van der Waals surface area contributed by atoms with E-state index in [2.05, 4.69) is 37.0 Å². The number of rotatable bonds is 6. The van der Waals surface area contributed by atoms with E-state index in [0.29, 0.717) is 57.3 Å². The first kappa shape index (κ1) is 34.6. The average molecular weight is 658 g/mol. The fraction of sp³-hybridized carbons (Fsp3) is 0.472. The standard InChI is InChI=1S/C36H47N7O5/c1-24(2)34-35-38-25(3)41-43(35)22-33(45)37-15-9-17-42(21-27-18-28-20-29(47-4)13-14-31(28)48-23-27)16-8-12-32(44)39-30(36(46)40-34)19-26-10-6-5-7-11-26/h5-7,10-11,13-14,18,20,24,30,34H,8-9,12,15-17,19,21-23H2,1-4H3,(H,37,45)(H,39,44)(H,40,46)/t30-,34+/m1/s1. The fourth-order valence-electron chi connectivity index (χ4n) is 6.09. The Bertz CT molecular complexity index is 1600. The van der Waals surface area contributed by atoms with Crippen molar-refractivity contribution in [1.82, 2.24) is 35.6 Å². The van der Waals surface area contributed by atoms with E-state index in [1.54, 1.807) is 18.7 Å². The Kier molecular flexibility index (Phi) is 11.8. The number of amides is 3. The predicted molar refractivity (Wildman–Crippen MR) is 182 cm³/mol. The number of benzene rings is 2. The molecule has 0 aliphatic carbocycles. The van der Waals surface area contributed by atoms with Crippen LogP contribution in [0, 0.1) is 12.8 Å². The van der Waals surface area contributed by atoms with Crippen LogP contribution in [0.3, 0.4) is 0 Å². The van der Waals surface area contributed by atoms with Crippen LogP contribution in [0.25, 0.3) is 6.08 Å². The maximum Gasteiger partial charge on any atom is 0.243 e. The summed E-state index contributed by atoms with van der Waals surface area (Å²) in [5.41, 5.74) is 3.01. The molecular weight excluding hydrogens is 610 g/mol. The molecule has 0 spiro atoms. The molecule has 12 nitrogen and oxygen atoms in total. The summed E-state index contributed by atoms with van der Waals surface area (Å²) >= 11 is 0. The van der Waals surface area contributed by atoms with Crippen molar-refractivity contribution in [1.29, 1.82) is 0 Å². The first-order chi connectivity index (χ1) is 23.2. The van der Waals surface area contributed by atoms with Crippen LogP contribution >= 0.6 is 0 Å². The van der Waals surface area contributed by atoms with Crippen molar-refractivity contribution in [2.45, 2.75) is 65.1 Å². The van der Waals surface area contributed by atoms with Crippen molar-refractivity contribution >= 4 is 23.8 Å². The van der Waals surface area contributed by atoms with Crippen LogP contribution < -0.4 is 25.4 Å². The Morgan fingerprint density at radius 2 is 1.81 bits per heavy atom. The van der Waals surface area contributed by atoms with Crippen LogP contribution in [-0.4, -0.2) is 83.3 Å². The molecule has 1 aromatic heterocycles. The number of carbonyl (C=O) groups excluding carboxylic acids is 3. The van der Waals surface area contributed by atoms with Gasteiger partial charge in [-0.1, -0.05) is 44.2 Å². The zero-order valence-electron chi connectivity index (χ0n) is 28.3. The van der Waals surface area contributed by atoms with E-state index >= 15 is 0 Å². The maximum atomic E-state index is 13.9. The second-order valence-corrected chi connectivity index (χ2v) is 12.8. The normalized spacial score (nSPS) is 20.2. The van der Waals surface area contributed by atoms with Crippen LogP contribution in [0.1, 0.15) is 61.9 Å². The highest BCUT2D eigenvalue weighted by Gasteiger charge is 2.30. The lowest BCUT2D eigenvalue weighted by Crippen LogP contribution is -2.50. The van der Waals surface area contributed by atoms with Gasteiger partial charge in [0.2, 0.25) is 17.7 Å². The number of hydrogen-bond donors (Lipinski definition) is 3. The lowest BCUT2D eigenvalue weighted by molar-refractivity contribution is -0.129. The summed E-state index contributed by atoms with van der Waals surface area (Å²) in [5.74, 6) is 1.88. The molecule has 256 valence electrons. The van der Waals surface area contributed by atoms with Crippen molar-refractivity contribution in [3.63, 3.8) is 0 Å². The molecule has 5 rings (SSSR count). The third-order valence-corrected chi connectivity index (χ3v) is 8.54. The monoisotopic (exact) mass is 657 g/mol. The van der Waals surface area contributed by atoms with E-state index in [1.807, 2.05) is 62.4 Å². The van der Waals surface area contributed by atoms with Gasteiger partial charge in [-0.3, -0.25) is 19.3 Å². The molecule has 3 N–H and O–H groups in total. The Hall–Kier alpha value is -4.71. The molecule has 0 saturated carbocycles. The molecule has 0 bridgehead atoms. The second kappa shape index (κ2) is 16.4. The second-order valence-electron chi connectivity index (χ2n) is 12.8. The summed E-state index contributed by atoms with van der Waals surface area (Å²) in [6.07, 6.45) is 4.07. The number of ether oxygens (including phenoxy) is 2. The minimum atomic E-state index is -0.793. The molecule has 2 aliphatic heterocycles. The number of fused-ring (bicyclic) bond motifs is 2. The average Bonchev–Trinajstić information content (AvgIpc) is 3.43. The predicted octanol–water partition coefficient (Wildman–Crippen LogP) is 3.21. The minimum Gasteiger partial charge on any atom is -0.497 e. The van der Waals surface area contributed by atoms with Crippen molar-refractivity contribution < 1.29 is 23.9 Å². The molecule has 3 amide bonds. The zero-order valence-corrected chi connectivity index (χ0v) is 28.3. The number of hydrogen-bond acceptors (Lipinski definition) is 8. The lowest BCUT2D eigenvalue weighted by atomic mass is 10.0. The highest BCUT2D eigenvalue weighted by Crippen LogP contribution is 2.30. The van der Waals surface area contributed by atoms with E-state index in [4.69, 9.17) is 9.47 Å². The zero-order chi connectivity index (χ0) is 34.0. The number of aromatic nitrogens is 3. The molecule has 0 unspecified atom stereocenters. The van der Waals surface area contributed by atoms with Gasteiger partial charge in [-0.2, -0.15) is 5.10 Å². The van der Waals surface area contributed by atoms with E-state index in [0.717, 1.165) is 34.6 Å². The van der Waals surface area contributed by atoms with Gasteiger partial charge in [-0.05, 0) is 67.6 Å². The first-order valence-electron chi connectivity index (χ1n) is 16.7. The SMILES string of the molecule is COc1ccc2c(c1)C=C(CN1CCCNC(=O)Cn3nc(C)nc3[C@H](C(C)C)NC(=O)[C@@H](Cc3ccccc3)NC(=O)CCC1)CO2. The molecule has 3 aromatic rings. The lowest BCUT2D eigenvalue weighted by Gasteiger charge is -2.27. The molecule has 2 atom stereocenters. The van der Waals surface area contributed by atoms with Gasteiger partial charge < -0.3 is 25.4 Å². The van der Waals surface area contributed by atoms with Gasteiger partial charge in [0.05, 0.1) is 13.2 Å². The van der Waals surface area contributed by atoms with E-state index in [-0.39, 0.29) is 36.6 Å². The third-order valence-electron chi connectivity index (χ3n) is 8.54. The number of methoxy groups -OCH3 is 1. The van der Waals surface area contributed by atoms with Crippen LogP contribution in [0.15, 0.2) is 54.1 Å². The Morgan fingerprint density at radius 1 is 1.02 bits per heavy atom. The molecule has 12 heteroatoms. The third kappa shape index (κ3) is 9.43. The first-order valence-corrected chi connectivity index (χ1v) is 16.7. The summed E-state index contributed by atoms with van der Waals surface area (Å²) in [4.78, 5) is 47.2. The van der Waals surface area contributed by atoms with Crippen LogP contribution in [0.4, 0.5) is 0 Å². The Morgan fingerprint density at radius 3 is 2.58 bits per heavy atom. The topological polar surface area (TPSA) is 140 Å². The summed E-state index contributed by atoms with van der Waals surface area (Å²) in [6.45, 7) is 8.70. The molecule has 2 aromatic carbocycles. The van der Waals surface area contributed by atoms with Gasteiger partial charge in [-0.25, -0.2) is 9.67 Å². The smallest absolute Gasteiger partial charge is 0.243 e. The van der Waals surface area contributed by atoms with Gasteiger partial charge in [0, 0.05) is 38.0 Å². The summed E-state index contributed by atoms with van der Waals surface area (Å²) in [5, 5.41) is 13.6. The van der Waals surface area contributed by atoms with Crippen molar-refractivity contribution in [3.05, 3.63) is 76.9 Å². The van der Waals surface area contributed by atoms with Crippen LogP contribution in [0.2, 0.25) is 0 Å². The number of nitrogens with zero attached hydrogens (tertiary/aromatic N) is 4. The van der Waals surface area contributed by atoms with Gasteiger partial charge >= 0.3 is 0 Å². The van der Waals surface area contributed by atoms with Crippen LogP contribution in [0.5, 0.6) is 11.5 Å². The maximum absolute atomic E-state index is 13.9. The van der Waals surface area contributed by atoms with Crippen molar-refractivity contribution in [2.24, 2.45) is 5.92 Å². The van der Waals surface area contributed by atoms with Gasteiger partial charge in [0.1, 0.15) is 36.5 Å². The van der Waals surface area contributed by atoms with Crippen molar-refractivity contribution in [3.8, 4) is 11.5 Å². The number of aryl methyl sites for hydroxylation is 1. The minimum absolute atomic E-state index is 0.0176. The van der Waals surface area contributed by atoms with E-state index in [9.17, 15) is 14.4 Å². The summed E-state index contributed by atoms with van der Waals surface area (Å²) in [7, 11) is 1.64. The summed E-state index contributed by atoms with van der Waals surface area (Å²) in [6, 6.07) is 14.1. The Balaban J connectivity index is 1.36. The molecule has 0 fully saturated rings. The molecule has 0 radical (unpaired) electrons. The van der Waals surface area contributed by atoms with Crippen LogP contribution in [-0.2, 0) is 27.3 Å². The molecule has 3 heterocycles. The Labute approximate surface area is 282 Å². The highest BCUT2D eigenvalue weighted by atomic mass is 16.5. The number of carbonyl (C=O) groups is 3.